The number of amidine groups is 1. The van der Waals surface area contributed by atoms with E-state index in [1.54, 1.807) is 37.4 Å². The summed E-state index contributed by atoms with van der Waals surface area (Å²) in [5.41, 5.74) is 20.0. The topological polar surface area (TPSA) is 118 Å². The van der Waals surface area contributed by atoms with Crippen molar-refractivity contribution in [2.45, 2.75) is 24.9 Å². The lowest BCUT2D eigenvalue weighted by Gasteiger charge is -2.28. The molecule has 0 amide bonds. The third-order valence-corrected chi connectivity index (χ3v) is 5.34. The van der Waals surface area contributed by atoms with E-state index in [1.165, 1.54) is 18.3 Å². The van der Waals surface area contributed by atoms with Crippen LogP contribution in [0.4, 0.5) is 4.39 Å². The van der Waals surface area contributed by atoms with Crippen molar-refractivity contribution in [3.05, 3.63) is 84.3 Å². The smallest absolute Gasteiger partial charge is 0.165 e. The number of carbonyl (C=O) groups is 1. The summed E-state index contributed by atoms with van der Waals surface area (Å²) < 4.78 is 19.4. The van der Waals surface area contributed by atoms with Gasteiger partial charge < -0.3 is 26.5 Å². The molecular weight excluding hydrogens is 447 g/mol. The van der Waals surface area contributed by atoms with E-state index >= 15 is 0 Å². The quantitative estimate of drug-likeness (QED) is 0.150. The van der Waals surface area contributed by atoms with Crippen molar-refractivity contribution in [1.82, 2.24) is 15.8 Å². The summed E-state index contributed by atoms with van der Waals surface area (Å²) in [7, 11) is 3.88. The number of likely N-dealkylation sites (N-methyl/N-ethyl adjacent to an activating group) is 1. The van der Waals surface area contributed by atoms with Gasteiger partial charge in [0.2, 0.25) is 0 Å². The molecule has 8 nitrogen and oxygen atoms in total. The van der Waals surface area contributed by atoms with Gasteiger partial charge in [-0.3, -0.25) is 9.79 Å². The molecule has 2 unspecified atom stereocenters. The Balaban J connectivity index is 0.00000100. The molecule has 0 spiro atoms. The number of hydrazine groups is 1. The Bertz CT molecular complexity index is 1000. The van der Waals surface area contributed by atoms with E-state index in [0.717, 1.165) is 31.5 Å². The molecule has 1 aliphatic rings. The lowest BCUT2D eigenvalue weighted by molar-refractivity contribution is -0.104. The lowest BCUT2D eigenvalue weighted by Crippen LogP contribution is -2.41. The Morgan fingerprint density at radius 1 is 1.29 bits per heavy atom. The average Bonchev–Trinajstić information content (AvgIpc) is 2.86. The zero-order valence-corrected chi connectivity index (χ0v) is 20.3. The number of carbonyl (C=O) groups excluding carboxylic acids is 1. The molecule has 0 saturated carbocycles. The third-order valence-electron chi connectivity index (χ3n) is 5.34. The zero-order valence-electron chi connectivity index (χ0n) is 20.3. The van der Waals surface area contributed by atoms with Gasteiger partial charge >= 0.3 is 0 Å². The Kier molecular flexibility index (Phi) is 11.6. The molecule has 2 aromatic rings. The predicted octanol–water partition coefficient (Wildman–Crippen LogP) is 3.05. The summed E-state index contributed by atoms with van der Waals surface area (Å²) >= 11 is 0. The molecule has 1 aliphatic heterocycles. The highest BCUT2D eigenvalue weighted by Gasteiger charge is 2.21. The number of rotatable bonds is 8. The molecule has 188 valence electrons. The van der Waals surface area contributed by atoms with Crippen molar-refractivity contribution in [3.8, 4) is 11.5 Å². The van der Waals surface area contributed by atoms with Crippen LogP contribution in [0.3, 0.4) is 0 Å². The van der Waals surface area contributed by atoms with Crippen LogP contribution in [-0.2, 0) is 4.79 Å². The van der Waals surface area contributed by atoms with Gasteiger partial charge in [-0.25, -0.2) is 9.82 Å². The van der Waals surface area contributed by atoms with E-state index in [2.05, 4.69) is 29.4 Å². The first-order valence-corrected chi connectivity index (χ1v) is 11.4. The van der Waals surface area contributed by atoms with Gasteiger partial charge in [0.25, 0.3) is 0 Å². The van der Waals surface area contributed by atoms with Crippen molar-refractivity contribution in [1.29, 1.82) is 0 Å². The summed E-state index contributed by atoms with van der Waals surface area (Å²) in [6.45, 7) is 5.09. The number of aliphatic imine (C=N–C) groups is 1. The molecule has 35 heavy (non-hydrogen) atoms. The summed E-state index contributed by atoms with van der Waals surface area (Å²) in [6.07, 6.45) is 5.45. The van der Waals surface area contributed by atoms with Gasteiger partial charge in [0, 0.05) is 25.4 Å². The molecule has 0 radical (unpaired) electrons. The van der Waals surface area contributed by atoms with Crippen LogP contribution < -0.4 is 27.1 Å². The normalized spacial score (nSPS) is 17.5. The molecule has 0 bridgehead atoms. The van der Waals surface area contributed by atoms with Crippen molar-refractivity contribution < 1.29 is 13.9 Å². The number of benzene rings is 2. The largest absolute Gasteiger partial charge is 0.454 e. The van der Waals surface area contributed by atoms with Gasteiger partial charge in [-0.1, -0.05) is 30.8 Å². The zero-order chi connectivity index (χ0) is 25.6. The maximum absolute atomic E-state index is 13.8. The Morgan fingerprint density at radius 2 is 1.97 bits per heavy atom. The van der Waals surface area contributed by atoms with Gasteiger partial charge in [0.1, 0.15) is 17.9 Å². The molecule has 1 heterocycles. The van der Waals surface area contributed by atoms with E-state index in [-0.39, 0.29) is 11.8 Å². The number of likely N-dealkylation sites (tertiary alicyclic amines) is 1. The number of aldehydes is 1. The van der Waals surface area contributed by atoms with Gasteiger partial charge in [0.15, 0.2) is 11.6 Å². The molecule has 9 heteroatoms. The number of para-hydroxylation sites is 1. The van der Waals surface area contributed by atoms with E-state index in [4.69, 9.17) is 26.0 Å². The number of nitrogens with one attached hydrogen (secondary N) is 2. The SMILES string of the molecule is C=CC=O.CNNC(=NC1CCCN(C)C1)/C(=C\N)C(N)c1ccc(Oc2ccccc2F)cc1. The maximum atomic E-state index is 13.8. The highest BCUT2D eigenvalue weighted by Crippen LogP contribution is 2.27. The predicted molar refractivity (Wildman–Crippen MR) is 139 cm³/mol. The first kappa shape index (κ1) is 27.7. The fourth-order valence-corrected chi connectivity index (χ4v) is 3.63. The van der Waals surface area contributed by atoms with Crippen LogP contribution in [0.25, 0.3) is 0 Å². The summed E-state index contributed by atoms with van der Waals surface area (Å²) in [6, 6.07) is 13.2. The second kappa shape index (κ2) is 14.7. The average molecular weight is 483 g/mol. The monoisotopic (exact) mass is 482 g/mol. The van der Waals surface area contributed by atoms with Crippen LogP contribution in [0.1, 0.15) is 24.4 Å². The Hall–Kier alpha value is -3.53. The van der Waals surface area contributed by atoms with Crippen LogP contribution in [0, 0.1) is 5.82 Å². The van der Waals surface area contributed by atoms with Crippen LogP contribution in [0.15, 0.2) is 78.0 Å². The number of halogens is 1. The molecule has 6 N–H and O–H groups in total. The second-order valence-corrected chi connectivity index (χ2v) is 7.98. The summed E-state index contributed by atoms with van der Waals surface area (Å²) in [5, 5.41) is 0. The fraction of sp³-hybridized carbons (Fsp3) is 0.308. The first-order valence-electron chi connectivity index (χ1n) is 11.4. The number of nitrogens with two attached hydrogens (primary N) is 2. The highest BCUT2D eigenvalue weighted by molar-refractivity contribution is 5.99. The lowest BCUT2D eigenvalue weighted by atomic mass is 9.98. The van der Waals surface area contributed by atoms with Gasteiger partial charge in [-0.15, -0.1) is 0 Å². The van der Waals surface area contributed by atoms with Gasteiger partial charge in [-0.2, -0.15) is 0 Å². The Labute approximate surface area is 206 Å². The Morgan fingerprint density at radius 3 is 2.54 bits per heavy atom. The molecule has 1 fully saturated rings. The molecule has 2 atom stereocenters. The van der Waals surface area contributed by atoms with Gasteiger partial charge in [0.05, 0.1) is 12.1 Å². The number of allylic oxidation sites excluding steroid dienone is 1. The van der Waals surface area contributed by atoms with Gasteiger partial charge in [-0.05, 0) is 62.3 Å². The first-order chi connectivity index (χ1) is 16.9. The number of nitrogens with zero attached hydrogens (tertiary/aromatic N) is 2. The fourth-order valence-electron chi connectivity index (χ4n) is 3.63. The minimum absolute atomic E-state index is 0.173. The van der Waals surface area contributed by atoms with Crippen molar-refractivity contribution in [2.24, 2.45) is 16.5 Å². The highest BCUT2D eigenvalue weighted by atomic mass is 19.1. The molecule has 2 aromatic carbocycles. The number of piperidine rings is 1. The molecule has 1 saturated heterocycles. The summed E-state index contributed by atoms with van der Waals surface area (Å²) in [5.74, 6) is 0.910. The number of hydrogen-bond acceptors (Lipinski definition) is 7. The number of ether oxygens (including phenoxy) is 1. The van der Waals surface area contributed by atoms with Crippen molar-refractivity contribution in [2.75, 3.05) is 27.2 Å². The van der Waals surface area contributed by atoms with Crippen LogP contribution in [-0.4, -0.2) is 50.2 Å². The van der Waals surface area contributed by atoms with Crippen LogP contribution in [0.2, 0.25) is 0 Å². The van der Waals surface area contributed by atoms with E-state index in [1.807, 2.05) is 12.1 Å². The van der Waals surface area contributed by atoms with E-state index < -0.39 is 11.9 Å². The summed E-state index contributed by atoms with van der Waals surface area (Å²) in [4.78, 5) is 16.2. The standard InChI is InChI=1S/C23H31FN6O.C3H4O/c1-27-29-23(28-17-6-5-13-30(2)15-17)19(14-25)22(26)16-9-11-18(12-10-16)31-21-8-4-3-7-20(21)24;1-2-3-4/h3-4,7-12,14,17,22,27H,5-6,13,15,25-26H2,1-2H3,(H,28,29);2-3H,1H2/b19-14-;. The molecule has 3 rings (SSSR count). The maximum Gasteiger partial charge on any atom is 0.165 e. The van der Waals surface area contributed by atoms with E-state index in [0.29, 0.717) is 23.4 Å². The van der Waals surface area contributed by atoms with Crippen LogP contribution in [0.5, 0.6) is 11.5 Å². The molecule has 0 aliphatic carbocycles. The minimum Gasteiger partial charge on any atom is -0.454 e. The second-order valence-electron chi connectivity index (χ2n) is 7.98. The molecular formula is C26H35FN6O2. The molecule has 0 aromatic heterocycles. The van der Waals surface area contributed by atoms with Crippen molar-refractivity contribution in [3.63, 3.8) is 0 Å². The van der Waals surface area contributed by atoms with E-state index in [9.17, 15) is 4.39 Å². The third kappa shape index (κ3) is 8.64. The number of hydrogen-bond donors (Lipinski definition) is 4. The minimum atomic E-state index is -0.492. The van der Waals surface area contributed by atoms with Crippen molar-refractivity contribution >= 4 is 12.1 Å². The van der Waals surface area contributed by atoms with Crippen LogP contribution >= 0.6 is 0 Å².